The lowest BCUT2D eigenvalue weighted by molar-refractivity contribution is -0.137. The summed E-state index contributed by atoms with van der Waals surface area (Å²) >= 11 is 0. The van der Waals surface area contributed by atoms with Crippen molar-refractivity contribution in [2.75, 3.05) is 27.0 Å². The van der Waals surface area contributed by atoms with E-state index in [4.69, 9.17) is 18.9 Å². The van der Waals surface area contributed by atoms with E-state index in [0.29, 0.717) is 37.6 Å². The van der Waals surface area contributed by atoms with Gasteiger partial charge < -0.3 is 29.2 Å². The van der Waals surface area contributed by atoms with Crippen LogP contribution in [0.25, 0.3) is 0 Å². The van der Waals surface area contributed by atoms with Gasteiger partial charge in [0.1, 0.15) is 11.4 Å². The average Bonchev–Trinajstić information content (AvgIpc) is 3.61. The number of benzene rings is 2. The fraction of sp³-hybridized carbons (Fsp3) is 0.385. The number of likely N-dealkylation sites (tertiary alicyclic amines) is 1. The monoisotopic (exact) mass is 462 g/mol. The lowest BCUT2D eigenvalue weighted by atomic mass is 9.77. The smallest absolute Gasteiger partial charge is 0.231 e. The number of carbonyl (C=O) groups excluding carboxylic acids is 2. The number of hydrogen-bond donors (Lipinski definition) is 1. The molecule has 0 aliphatic carbocycles. The van der Waals surface area contributed by atoms with Crippen LogP contribution in [0.2, 0.25) is 0 Å². The predicted octanol–water partition coefficient (Wildman–Crippen LogP) is 2.06. The predicted molar refractivity (Wildman–Crippen MR) is 121 cm³/mol. The van der Waals surface area contributed by atoms with Crippen molar-refractivity contribution < 1.29 is 28.5 Å². The first-order chi connectivity index (χ1) is 16.6. The summed E-state index contributed by atoms with van der Waals surface area (Å²) in [6, 6.07) is 13.5. The second kappa shape index (κ2) is 8.06. The minimum atomic E-state index is -0.726. The summed E-state index contributed by atoms with van der Waals surface area (Å²) in [6.45, 7) is 1.57. The zero-order chi connectivity index (χ0) is 23.3. The van der Waals surface area contributed by atoms with E-state index in [1.54, 1.807) is 12.0 Å². The summed E-state index contributed by atoms with van der Waals surface area (Å²) in [6.07, 6.45) is 4.24. The van der Waals surface area contributed by atoms with Crippen LogP contribution in [-0.4, -0.2) is 55.4 Å². The number of amides is 2. The van der Waals surface area contributed by atoms with Crippen LogP contribution in [0.15, 0.2) is 54.6 Å². The molecule has 4 atom stereocenters. The molecule has 34 heavy (non-hydrogen) atoms. The molecule has 0 unspecified atom stereocenters. The Morgan fingerprint density at radius 3 is 2.76 bits per heavy atom. The summed E-state index contributed by atoms with van der Waals surface area (Å²) < 4.78 is 22.2. The summed E-state index contributed by atoms with van der Waals surface area (Å²) in [5.41, 5.74) is 1.33. The number of ether oxygens (including phenoxy) is 4. The van der Waals surface area contributed by atoms with Crippen LogP contribution in [0.1, 0.15) is 11.1 Å². The Bertz CT molecular complexity index is 1160. The van der Waals surface area contributed by atoms with E-state index in [1.165, 1.54) is 0 Å². The van der Waals surface area contributed by atoms with Gasteiger partial charge in [0.25, 0.3) is 0 Å². The number of methoxy groups -OCH3 is 1. The number of hydrogen-bond acceptors (Lipinski definition) is 6. The highest BCUT2D eigenvalue weighted by molar-refractivity contribution is 5.93. The molecular formula is C26H26N2O6. The van der Waals surface area contributed by atoms with E-state index < -0.39 is 17.4 Å². The Labute approximate surface area is 197 Å². The van der Waals surface area contributed by atoms with Gasteiger partial charge in [-0.15, -0.1) is 0 Å². The van der Waals surface area contributed by atoms with Crippen LogP contribution in [0, 0.1) is 11.8 Å². The largest absolute Gasteiger partial charge is 0.497 e. The molecule has 4 aliphatic rings. The Morgan fingerprint density at radius 2 is 1.94 bits per heavy atom. The number of fused-ring (bicyclic) bond motifs is 2. The van der Waals surface area contributed by atoms with Crippen molar-refractivity contribution in [3.05, 3.63) is 65.7 Å². The van der Waals surface area contributed by atoms with E-state index >= 15 is 0 Å². The molecule has 4 aliphatic heterocycles. The van der Waals surface area contributed by atoms with Crippen LogP contribution < -0.4 is 19.5 Å². The van der Waals surface area contributed by atoms with Crippen molar-refractivity contribution in [3.8, 4) is 17.2 Å². The van der Waals surface area contributed by atoms with Crippen LogP contribution in [0.5, 0.6) is 17.2 Å². The average molecular weight is 463 g/mol. The summed E-state index contributed by atoms with van der Waals surface area (Å²) in [5.74, 6) is 1.01. The highest BCUT2D eigenvalue weighted by Gasteiger charge is 2.66. The molecule has 1 N–H and O–H groups in total. The first-order valence-electron chi connectivity index (χ1n) is 11.5. The Hall–Kier alpha value is -3.52. The Balaban J connectivity index is 1.12. The molecule has 2 bridgehead atoms. The zero-order valence-corrected chi connectivity index (χ0v) is 18.9. The molecule has 1 spiro atoms. The summed E-state index contributed by atoms with van der Waals surface area (Å²) in [4.78, 5) is 28.4. The lowest BCUT2D eigenvalue weighted by Crippen LogP contribution is -2.44. The Kier molecular flexibility index (Phi) is 4.99. The van der Waals surface area contributed by atoms with Gasteiger partial charge in [-0.2, -0.15) is 0 Å². The molecule has 2 aromatic rings. The van der Waals surface area contributed by atoms with Gasteiger partial charge in [-0.1, -0.05) is 30.4 Å². The standard InChI is InChI=1S/C26H26N2O6/c1-31-18-5-2-16(3-6-18)9-11-27-24(29)22-20-8-10-26(34-20)14-28(25(30)23(22)26)13-17-4-7-19-21(12-17)33-15-32-19/h2-8,10,12,20,22-23H,9,11,13-15H2,1H3,(H,27,29)/t20-,22+,23+,26-/m0/s1. The molecule has 2 fully saturated rings. The van der Waals surface area contributed by atoms with Crippen molar-refractivity contribution in [2.45, 2.75) is 24.7 Å². The molecule has 2 saturated heterocycles. The first-order valence-corrected chi connectivity index (χ1v) is 11.5. The molecule has 2 amide bonds. The van der Waals surface area contributed by atoms with Crippen LogP contribution in [0.4, 0.5) is 0 Å². The molecular weight excluding hydrogens is 436 g/mol. The summed E-state index contributed by atoms with van der Waals surface area (Å²) in [7, 11) is 1.63. The molecule has 0 radical (unpaired) electrons. The SMILES string of the molecule is COc1ccc(CCNC(=O)[C@@H]2[C@@H]3C=C[C@@]4(CN(Cc5ccc6c(c5)OCO6)C(=O)[C@@H]24)O3)cc1. The normalized spacial score (nSPS) is 27.9. The van der Waals surface area contributed by atoms with Gasteiger partial charge in [0.05, 0.1) is 31.6 Å². The Morgan fingerprint density at radius 1 is 1.15 bits per heavy atom. The van der Waals surface area contributed by atoms with Crippen molar-refractivity contribution >= 4 is 11.8 Å². The maximum Gasteiger partial charge on any atom is 0.231 e. The van der Waals surface area contributed by atoms with Crippen molar-refractivity contribution in [2.24, 2.45) is 11.8 Å². The molecule has 2 aromatic carbocycles. The number of nitrogens with one attached hydrogen (secondary N) is 1. The van der Waals surface area contributed by atoms with E-state index in [0.717, 1.165) is 16.9 Å². The molecule has 176 valence electrons. The molecule has 8 nitrogen and oxygen atoms in total. The summed E-state index contributed by atoms with van der Waals surface area (Å²) in [5, 5.41) is 3.02. The molecule has 0 aromatic heterocycles. The van der Waals surface area contributed by atoms with Crippen molar-refractivity contribution in [3.63, 3.8) is 0 Å². The molecule has 6 rings (SSSR count). The second-order valence-electron chi connectivity index (χ2n) is 9.17. The number of carbonyl (C=O) groups is 2. The van der Waals surface area contributed by atoms with Gasteiger partial charge in [0.15, 0.2) is 11.5 Å². The molecule has 8 heteroatoms. The number of nitrogens with zero attached hydrogens (tertiary/aromatic N) is 1. The van der Waals surface area contributed by atoms with Crippen LogP contribution in [-0.2, 0) is 27.3 Å². The molecule has 4 heterocycles. The first kappa shape index (κ1) is 21.0. The van der Waals surface area contributed by atoms with Gasteiger partial charge in [-0.05, 0) is 41.8 Å². The lowest BCUT2D eigenvalue weighted by Gasteiger charge is -2.23. The fourth-order valence-electron chi connectivity index (χ4n) is 5.51. The van der Waals surface area contributed by atoms with E-state index in [2.05, 4.69) is 5.32 Å². The van der Waals surface area contributed by atoms with E-state index in [1.807, 2.05) is 54.6 Å². The van der Waals surface area contributed by atoms with E-state index in [-0.39, 0.29) is 24.7 Å². The third kappa shape index (κ3) is 3.40. The number of rotatable bonds is 7. The van der Waals surface area contributed by atoms with Crippen LogP contribution >= 0.6 is 0 Å². The topological polar surface area (TPSA) is 86.3 Å². The van der Waals surface area contributed by atoms with Crippen LogP contribution in [0.3, 0.4) is 0 Å². The second-order valence-corrected chi connectivity index (χ2v) is 9.17. The van der Waals surface area contributed by atoms with Gasteiger partial charge in [-0.3, -0.25) is 9.59 Å². The van der Waals surface area contributed by atoms with Gasteiger partial charge in [-0.25, -0.2) is 0 Å². The van der Waals surface area contributed by atoms with Crippen molar-refractivity contribution in [1.29, 1.82) is 0 Å². The third-order valence-corrected chi connectivity index (χ3v) is 7.16. The van der Waals surface area contributed by atoms with Crippen molar-refractivity contribution in [1.82, 2.24) is 10.2 Å². The molecule has 0 saturated carbocycles. The maximum atomic E-state index is 13.4. The quantitative estimate of drug-likeness (QED) is 0.634. The van der Waals surface area contributed by atoms with Gasteiger partial charge in [0.2, 0.25) is 18.6 Å². The highest BCUT2D eigenvalue weighted by atomic mass is 16.7. The highest BCUT2D eigenvalue weighted by Crippen LogP contribution is 2.52. The fourth-order valence-corrected chi connectivity index (χ4v) is 5.51. The third-order valence-electron chi connectivity index (χ3n) is 7.16. The van der Waals surface area contributed by atoms with Gasteiger partial charge >= 0.3 is 0 Å². The minimum absolute atomic E-state index is 0.0418. The maximum absolute atomic E-state index is 13.4. The minimum Gasteiger partial charge on any atom is -0.497 e. The zero-order valence-electron chi connectivity index (χ0n) is 18.9. The van der Waals surface area contributed by atoms with Gasteiger partial charge in [0, 0.05) is 13.1 Å². The van der Waals surface area contributed by atoms with E-state index in [9.17, 15) is 9.59 Å².